The van der Waals surface area contributed by atoms with E-state index in [-0.39, 0.29) is 5.91 Å². The van der Waals surface area contributed by atoms with Crippen molar-refractivity contribution >= 4 is 23.4 Å². The van der Waals surface area contributed by atoms with Crippen LogP contribution in [0.1, 0.15) is 21.8 Å². The number of nitrogens with one attached hydrogen (secondary N) is 1. The number of carbonyl (C=O) groups is 1. The van der Waals surface area contributed by atoms with Gasteiger partial charge in [-0.3, -0.25) is 4.79 Å². The van der Waals surface area contributed by atoms with E-state index in [4.69, 9.17) is 8.94 Å². The molecule has 7 nitrogen and oxygen atoms in total. The van der Waals surface area contributed by atoms with Gasteiger partial charge in [0.2, 0.25) is 0 Å². The summed E-state index contributed by atoms with van der Waals surface area (Å²) in [4.78, 5) is 21.1. The molecule has 4 rings (SSSR count). The summed E-state index contributed by atoms with van der Waals surface area (Å²) in [5, 5.41) is 7.52. The molecule has 0 atom stereocenters. The van der Waals surface area contributed by atoms with Gasteiger partial charge in [0.1, 0.15) is 10.8 Å². The van der Waals surface area contributed by atoms with E-state index in [2.05, 4.69) is 20.4 Å². The van der Waals surface area contributed by atoms with Gasteiger partial charge in [0, 0.05) is 29.3 Å². The molecule has 0 aliphatic carbocycles. The second kappa shape index (κ2) is 8.10. The molecule has 0 bridgehead atoms. The van der Waals surface area contributed by atoms with E-state index < -0.39 is 0 Å². The summed E-state index contributed by atoms with van der Waals surface area (Å²) >= 11 is 1.44. The first-order chi connectivity index (χ1) is 13.7. The molecule has 0 spiro atoms. The van der Waals surface area contributed by atoms with Crippen molar-refractivity contribution in [1.82, 2.24) is 15.1 Å². The number of amides is 1. The van der Waals surface area contributed by atoms with E-state index in [1.165, 1.54) is 18.2 Å². The summed E-state index contributed by atoms with van der Waals surface area (Å²) in [6.45, 7) is 1.84. The maximum absolute atomic E-state index is 12.8. The molecule has 4 aromatic rings. The monoisotopic (exact) mass is 392 g/mol. The number of thioether (sulfide) groups is 1. The summed E-state index contributed by atoms with van der Waals surface area (Å²) < 4.78 is 10.4. The summed E-state index contributed by atoms with van der Waals surface area (Å²) in [6, 6.07) is 12.7. The van der Waals surface area contributed by atoms with Crippen LogP contribution >= 0.6 is 11.8 Å². The first-order valence-electron chi connectivity index (χ1n) is 8.49. The highest BCUT2D eigenvalue weighted by molar-refractivity contribution is 7.98. The minimum absolute atomic E-state index is 0.235. The average Bonchev–Trinajstić information content (AvgIpc) is 3.39. The second-order valence-electron chi connectivity index (χ2n) is 5.97. The molecule has 0 aliphatic heterocycles. The predicted molar refractivity (Wildman–Crippen MR) is 105 cm³/mol. The molecule has 0 radical (unpaired) electrons. The Labute approximate surface area is 165 Å². The van der Waals surface area contributed by atoms with Gasteiger partial charge in [0.25, 0.3) is 5.91 Å². The molecule has 0 fully saturated rings. The number of benzene rings is 1. The SMILES string of the molecule is Cc1cc(CSc2ncccc2C(=O)Nc2cccc(-c3cnco3)c2)no1. The third-order valence-electron chi connectivity index (χ3n) is 3.89. The summed E-state index contributed by atoms with van der Waals surface area (Å²) in [7, 11) is 0. The molecular formula is C20H16N4O3S. The topological polar surface area (TPSA) is 94.1 Å². The van der Waals surface area contributed by atoms with Gasteiger partial charge in [0.15, 0.2) is 12.2 Å². The lowest BCUT2D eigenvalue weighted by Gasteiger charge is -2.09. The zero-order valence-electron chi connectivity index (χ0n) is 15.0. The molecule has 8 heteroatoms. The molecule has 1 aromatic carbocycles. The van der Waals surface area contributed by atoms with Gasteiger partial charge in [-0.1, -0.05) is 29.1 Å². The predicted octanol–water partition coefficient (Wildman–Crippen LogP) is 4.58. The van der Waals surface area contributed by atoms with Crippen LogP contribution in [-0.4, -0.2) is 21.0 Å². The molecule has 0 unspecified atom stereocenters. The molecular weight excluding hydrogens is 376 g/mol. The molecule has 3 aromatic heterocycles. The lowest BCUT2D eigenvalue weighted by Crippen LogP contribution is -2.13. The van der Waals surface area contributed by atoms with Crippen molar-refractivity contribution in [2.75, 3.05) is 5.32 Å². The van der Waals surface area contributed by atoms with Crippen LogP contribution in [0, 0.1) is 6.92 Å². The first kappa shape index (κ1) is 18.0. The lowest BCUT2D eigenvalue weighted by molar-refractivity contribution is 0.102. The minimum Gasteiger partial charge on any atom is -0.444 e. The van der Waals surface area contributed by atoms with E-state index in [1.807, 2.05) is 37.3 Å². The van der Waals surface area contributed by atoms with Gasteiger partial charge in [-0.25, -0.2) is 9.97 Å². The number of hydrogen-bond acceptors (Lipinski definition) is 7. The fourth-order valence-corrected chi connectivity index (χ4v) is 3.49. The third kappa shape index (κ3) is 4.12. The smallest absolute Gasteiger partial charge is 0.258 e. The van der Waals surface area contributed by atoms with Crippen LogP contribution in [0.5, 0.6) is 0 Å². The molecule has 1 N–H and O–H groups in total. The number of pyridine rings is 1. The Morgan fingerprint density at radius 1 is 1.21 bits per heavy atom. The van der Waals surface area contributed by atoms with Crippen molar-refractivity contribution in [2.45, 2.75) is 17.7 Å². The van der Waals surface area contributed by atoms with E-state index in [0.717, 1.165) is 17.0 Å². The largest absolute Gasteiger partial charge is 0.444 e. The number of aromatic nitrogens is 3. The molecule has 0 aliphatic rings. The van der Waals surface area contributed by atoms with Crippen molar-refractivity contribution < 1.29 is 13.7 Å². The van der Waals surface area contributed by atoms with Gasteiger partial charge < -0.3 is 14.3 Å². The van der Waals surface area contributed by atoms with Crippen molar-refractivity contribution in [3.63, 3.8) is 0 Å². The standard InChI is InChI=1S/C20H16N4O3S/c1-13-8-16(24-27-13)11-28-20-17(6-3-7-22-20)19(25)23-15-5-2-4-14(9-15)18-10-21-12-26-18/h2-10,12H,11H2,1H3,(H,23,25). The maximum atomic E-state index is 12.8. The second-order valence-corrected chi connectivity index (χ2v) is 6.94. The van der Waals surface area contributed by atoms with Crippen LogP contribution < -0.4 is 5.32 Å². The number of nitrogens with zero attached hydrogens (tertiary/aromatic N) is 3. The van der Waals surface area contributed by atoms with Crippen molar-refractivity contribution in [2.24, 2.45) is 0 Å². The quantitative estimate of drug-likeness (QED) is 0.480. The number of hydrogen-bond donors (Lipinski definition) is 1. The van der Waals surface area contributed by atoms with Crippen LogP contribution in [-0.2, 0) is 5.75 Å². The zero-order valence-corrected chi connectivity index (χ0v) is 15.8. The first-order valence-corrected chi connectivity index (χ1v) is 9.48. The number of anilines is 1. The van der Waals surface area contributed by atoms with Gasteiger partial charge in [-0.2, -0.15) is 0 Å². The van der Waals surface area contributed by atoms with Crippen molar-refractivity contribution in [1.29, 1.82) is 0 Å². The third-order valence-corrected chi connectivity index (χ3v) is 4.93. The Morgan fingerprint density at radius 2 is 2.14 bits per heavy atom. The molecule has 140 valence electrons. The van der Waals surface area contributed by atoms with Crippen molar-refractivity contribution in [3.8, 4) is 11.3 Å². The Balaban J connectivity index is 1.50. The Hall–Kier alpha value is -3.39. The van der Waals surface area contributed by atoms with Crippen LogP contribution in [0.15, 0.2) is 75.2 Å². The Morgan fingerprint density at radius 3 is 2.93 bits per heavy atom. The van der Waals surface area contributed by atoms with Gasteiger partial charge in [0.05, 0.1) is 17.5 Å². The van der Waals surface area contributed by atoms with E-state index in [9.17, 15) is 4.79 Å². The molecule has 28 heavy (non-hydrogen) atoms. The highest BCUT2D eigenvalue weighted by atomic mass is 32.2. The van der Waals surface area contributed by atoms with E-state index in [0.29, 0.717) is 27.8 Å². The van der Waals surface area contributed by atoms with Crippen molar-refractivity contribution in [3.05, 3.63) is 78.3 Å². The van der Waals surface area contributed by atoms with Crippen LogP contribution in [0.25, 0.3) is 11.3 Å². The van der Waals surface area contributed by atoms with Gasteiger partial charge in [-0.15, -0.1) is 0 Å². The summed E-state index contributed by atoms with van der Waals surface area (Å²) in [6.07, 6.45) is 4.66. The normalized spacial score (nSPS) is 10.8. The fourth-order valence-electron chi connectivity index (χ4n) is 2.61. The Bertz CT molecular complexity index is 1090. The minimum atomic E-state index is -0.235. The van der Waals surface area contributed by atoms with Gasteiger partial charge >= 0.3 is 0 Å². The summed E-state index contributed by atoms with van der Waals surface area (Å²) in [5.74, 6) is 1.72. The summed E-state index contributed by atoms with van der Waals surface area (Å²) in [5.41, 5.74) is 2.79. The van der Waals surface area contributed by atoms with Crippen LogP contribution in [0.4, 0.5) is 5.69 Å². The van der Waals surface area contributed by atoms with Crippen LogP contribution in [0.3, 0.4) is 0 Å². The lowest BCUT2D eigenvalue weighted by atomic mass is 10.1. The molecule has 1 amide bonds. The number of carbonyl (C=O) groups excluding carboxylic acids is 1. The highest BCUT2D eigenvalue weighted by Crippen LogP contribution is 2.26. The molecule has 0 saturated carbocycles. The fraction of sp³-hybridized carbons (Fsp3) is 0.100. The van der Waals surface area contributed by atoms with Gasteiger partial charge in [-0.05, 0) is 31.2 Å². The highest BCUT2D eigenvalue weighted by Gasteiger charge is 2.14. The average molecular weight is 392 g/mol. The number of rotatable bonds is 6. The molecule has 3 heterocycles. The molecule has 0 saturated heterocycles. The number of aryl methyl sites for hydroxylation is 1. The maximum Gasteiger partial charge on any atom is 0.258 e. The van der Waals surface area contributed by atoms with E-state index in [1.54, 1.807) is 24.5 Å². The Kier molecular flexibility index (Phi) is 5.20. The zero-order chi connectivity index (χ0) is 19.3. The van der Waals surface area contributed by atoms with Crippen LogP contribution in [0.2, 0.25) is 0 Å². The number of oxazole rings is 1. The van der Waals surface area contributed by atoms with E-state index >= 15 is 0 Å².